The van der Waals surface area contributed by atoms with Crippen LogP contribution < -0.4 is 9.47 Å². The van der Waals surface area contributed by atoms with Crippen LogP contribution >= 0.6 is 11.6 Å². The number of nitro groups is 1. The third-order valence-electron chi connectivity index (χ3n) is 1.78. The lowest BCUT2D eigenvalue weighted by atomic mass is 10.2. The van der Waals surface area contributed by atoms with Gasteiger partial charge in [0.25, 0.3) is 0 Å². The molecule has 0 saturated heterocycles. The number of halogens is 1. The van der Waals surface area contributed by atoms with Gasteiger partial charge in [0.2, 0.25) is 5.75 Å². The largest absolute Gasteiger partial charge is 0.486 e. The predicted octanol–water partition coefficient (Wildman–Crippen LogP) is 2.02. The highest BCUT2D eigenvalue weighted by atomic mass is 35.5. The summed E-state index contributed by atoms with van der Waals surface area (Å²) in [7, 11) is 0. The van der Waals surface area contributed by atoms with Crippen LogP contribution in [0.3, 0.4) is 0 Å². The van der Waals surface area contributed by atoms with Gasteiger partial charge in [0.1, 0.15) is 13.2 Å². The van der Waals surface area contributed by atoms with E-state index in [-0.39, 0.29) is 16.5 Å². The van der Waals surface area contributed by atoms with Gasteiger partial charge < -0.3 is 9.47 Å². The molecule has 0 fully saturated rings. The van der Waals surface area contributed by atoms with Crippen molar-refractivity contribution in [2.24, 2.45) is 0 Å². The Morgan fingerprint density at radius 3 is 2.79 bits per heavy atom. The minimum absolute atomic E-state index is 0.158. The topological polar surface area (TPSA) is 61.6 Å². The van der Waals surface area contributed by atoms with Crippen LogP contribution in [0, 0.1) is 10.1 Å². The van der Waals surface area contributed by atoms with Crippen LogP contribution in [0.5, 0.6) is 11.5 Å². The fraction of sp³-hybridized carbons (Fsp3) is 0.250. The van der Waals surface area contributed by atoms with Crippen molar-refractivity contribution in [1.29, 1.82) is 0 Å². The van der Waals surface area contributed by atoms with Gasteiger partial charge in [-0.1, -0.05) is 11.6 Å². The Kier molecular flexibility index (Phi) is 2.17. The van der Waals surface area contributed by atoms with Crippen LogP contribution in [-0.2, 0) is 0 Å². The second kappa shape index (κ2) is 3.34. The normalized spacial score (nSPS) is 13.8. The predicted molar refractivity (Wildman–Crippen MR) is 49.1 cm³/mol. The average molecular weight is 216 g/mol. The first kappa shape index (κ1) is 9.08. The second-order valence-corrected chi connectivity index (χ2v) is 3.14. The highest BCUT2D eigenvalue weighted by molar-refractivity contribution is 6.31. The standard InChI is InChI=1S/C8H6ClNO4/c9-5-3-6(10(11)12)8-7(4-5)13-1-2-14-8/h3-4H,1-2H2. The maximum Gasteiger partial charge on any atom is 0.316 e. The van der Waals surface area contributed by atoms with Crippen molar-refractivity contribution in [3.05, 3.63) is 27.3 Å². The molecule has 0 aromatic heterocycles. The zero-order valence-electron chi connectivity index (χ0n) is 7.03. The van der Waals surface area contributed by atoms with Gasteiger partial charge in [0, 0.05) is 12.1 Å². The van der Waals surface area contributed by atoms with E-state index in [1.165, 1.54) is 12.1 Å². The number of hydrogen-bond acceptors (Lipinski definition) is 4. The molecule has 0 saturated carbocycles. The van der Waals surface area contributed by atoms with Crippen LogP contribution in [0.15, 0.2) is 12.1 Å². The average Bonchev–Trinajstić information content (AvgIpc) is 2.16. The molecular formula is C8H6ClNO4. The molecule has 0 bridgehead atoms. The Bertz CT molecular complexity index is 393. The number of benzene rings is 1. The number of ether oxygens (including phenoxy) is 2. The first-order valence-corrected chi connectivity index (χ1v) is 4.30. The molecule has 5 nitrogen and oxygen atoms in total. The van der Waals surface area contributed by atoms with Crippen molar-refractivity contribution in [3.63, 3.8) is 0 Å². The maximum absolute atomic E-state index is 10.6. The quantitative estimate of drug-likeness (QED) is 0.531. The number of rotatable bonds is 1. The van der Waals surface area contributed by atoms with Crippen molar-refractivity contribution in [2.45, 2.75) is 0 Å². The van der Waals surface area contributed by atoms with Crippen molar-refractivity contribution >= 4 is 17.3 Å². The van der Waals surface area contributed by atoms with E-state index in [0.717, 1.165) is 0 Å². The van der Waals surface area contributed by atoms with Crippen molar-refractivity contribution in [2.75, 3.05) is 13.2 Å². The summed E-state index contributed by atoms with van der Waals surface area (Å²) in [6.07, 6.45) is 0. The summed E-state index contributed by atoms with van der Waals surface area (Å²) in [4.78, 5) is 10.1. The third-order valence-corrected chi connectivity index (χ3v) is 2.00. The summed E-state index contributed by atoms with van der Waals surface area (Å²) in [5.74, 6) is 0.487. The minimum Gasteiger partial charge on any atom is -0.486 e. The Hall–Kier alpha value is -1.49. The first-order chi connectivity index (χ1) is 6.68. The summed E-state index contributed by atoms with van der Waals surface area (Å²) in [6.45, 7) is 0.694. The number of fused-ring (bicyclic) bond motifs is 1. The molecule has 0 amide bonds. The van der Waals surface area contributed by atoms with Crippen molar-refractivity contribution in [3.8, 4) is 11.5 Å². The molecule has 2 rings (SSSR count). The highest BCUT2D eigenvalue weighted by Crippen LogP contribution is 2.41. The van der Waals surface area contributed by atoms with Gasteiger partial charge in [-0.2, -0.15) is 0 Å². The highest BCUT2D eigenvalue weighted by Gasteiger charge is 2.24. The van der Waals surface area contributed by atoms with Gasteiger partial charge in [-0.3, -0.25) is 10.1 Å². The lowest BCUT2D eigenvalue weighted by Crippen LogP contribution is -2.16. The fourth-order valence-electron chi connectivity index (χ4n) is 1.24. The van der Waals surface area contributed by atoms with Crippen LogP contribution in [0.25, 0.3) is 0 Å². The van der Waals surface area contributed by atoms with Gasteiger partial charge in [-0.15, -0.1) is 0 Å². The number of hydrogen-bond donors (Lipinski definition) is 0. The summed E-state index contributed by atoms with van der Waals surface area (Å²) in [5, 5.41) is 10.9. The van der Waals surface area contributed by atoms with Crippen molar-refractivity contribution < 1.29 is 14.4 Å². The molecule has 1 aromatic carbocycles. The van der Waals surface area contributed by atoms with Gasteiger partial charge >= 0.3 is 5.69 Å². The first-order valence-electron chi connectivity index (χ1n) is 3.92. The molecule has 6 heteroatoms. The van der Waals surface area contributed by atoms with E-state index in [1.54, 1.807) is 0 Å². The van der Waals surface area contributed by atoms with Gasteiger partial charge in [0.15, 0.2) is 5.75 Å². The molecule has 0 unspecified atom stereocenters. The van der Waals surface area contributed by atoms with Crippen LogP contribution in [-0.4, -0.2) is 18.1 Å². The van der Waals surface area contributed by atoms with E-state index in [9.17, 15) is 10.1 Å². The molecule has 1 aliphatic rings. The second-order valence-electron chi connectivity index (χ2n) is 2.71. The zero-order chi connectivity index (χ0) is 10.1. The molecule has 1 aromatic rings. The molecule has 0 radical (unpaired) electrons. The Morgan fingerprint density at radius 2 is 2.07 bits per heavy atom. The van der Waals surface area contributed by atoms with E-state index >= 15 is 0 Å². The summed E-state index contributed by atoms with van der Waals surface area (Å²) >= 11 is 5.69. The Labute approximate surface area is 84.3 Å². The van der Waals surface area contributed by atoms with Gasteiger partial charge in [-0.05, 0) is 0 Å². The molecule has 74 valence electrons. The molecule has 14 heavy (non-hydrogen) atoms. The monoisotopic (exact) mass is 215 g/mol. The van der Waals surface area contributed by atoms with E-state index in [0.29, 0.717) is 19.0 Å². The van der Waals surface area contributed by atoms with E-state index in [4.69, 9.17) is 21.1 Å². The lowest BCUT2D eigenvalue weighted by molar-refractivity contribution is -0.386. The molecule has 0 atom stereocenters. The molecule has 1 aliphatic heterocycles. The zero-order valence-corrected chi connectivity index (χ0v) is 7.78. The van der Waals surface area contributed by atoms with Gasteiger partial charge in [-0.25, -0.2) is 0 Å². The number of nitrogens with zero attached hydrogens (tertiary/aromatic N) is 1. The third kappa shape index (κ3) is 1.46. The summed E-state index contributed by atoms with van der Waals surface area (Å²) in [5.41, 5.74) is -0.160. The van der Waals surface area contributed by atoms with Crippen molar-refractivity contribution in [1.82, 2.24) is 0 Å². The van der Waals surface area contributed by atoms with Gasteiger partial charge in [0.05, 0.1) is 9.95 Å². The Balaban J connectivity index is 2.58. The van der Waals surface area contributed by atoms with E-state index in [1.807, 2.05) is 0 Å². The number of nitro benzene ring substituents is 1. The molecular weight excluding hydrogens is 210 g/mol. The van der Waals surface area contributed by atoms with E-state index in [2.05, 4.69) is 0 Å². The molecule has 1 heterocycles. The summed E-state index contributed by atoms with van der Waals surface area (Å²) in [6, 6.07) is 2.75. The molecule has 0 aliphatic carbocycles. The lowest BCUT2D eigenvalue weighted by Gasteiger charge is -2.17. The Morgan fingerprint density at radius 1 is 1.36 bits per heavy atom. The molecule has 0 spiro atoms. The summed E-state index contributed by atoms with van der Waals surface area (Å²) < 4.78 is 10.3. The van der Waals surface area contributed by atoms with Crippen LogP contribution in [0.2, 0.25) is 5.02 Å². The molecule has 0 N–H and O–H groups in total. The van der Waals surface area contributed by atoms with Crippen LogP contribution in [0.4, 0.5) is 5.69 Å². The fourth-order valence-corrected chi connectivity index (χ4v) is 1.44. The van der Waals surface area contributed by atoms with E-state index < -0.39 is 4.92 Å². The maximum atomic E-state index is 10.6. The minimum atomic E-state index is -0.542. The van der Waals surface area contributed by atoms with Crippen LogP contribution in [0.1, 0.15) is 0 Å². The smallest absolute Gasteiger partial charge is 0.316 e. The SMILES string of the molecule is O=[N+]([O-])c1cc(Cl)cc2c1OCCO2.